The van der Waals surface area contributed by atoms with E-state index in [0.717, 1.165) is 149 Å². The van der Waals surface area contributed by atoms with Gasteiger partial charge in [0.1, 0.15) is 56.1 Å². The molecule has 0 bridgehead atoms. The van der Waals surface area contributed by atoms with E-state index in [1.54, 1.807) is 19.1 Å². The zero-order chi connectivity index (χ0) is 95.1. The van der Waals surface area contributed by atoms with Gasteiger partial charge in [0.2, 0.25) is 0 Å². The molecular weight excluding hydrogens is 1900 g/mol. The van der Waals surface area contributed by atoms with Gasteiger partial charge in [0.25, 0.3) is 34.7 Å². The van der Waals surface area contributed by atoms with Crippen LogP contribution in [0.4, 0.5) is 22.7 Å². The first-order valence-corrected chi connectivity index (χ1v) is 50.7. The fourth-order valence-electron chi connectivity index (χ4n) is 19.0. The van der Waals surface area contributed by atoms with E-state index in [9.17, 15) is 58.2 Å². The van der Waals surface area contributed by atoms with Crippen molar-refractivity contribution in [2.75, 3.05) is 42.6 Å². The molecule has 4 atom stereocenters. The summed E-state index contributed by atoms with van der Waals surface area (Å²) < 4.78 is 15.3. The highest BCUT2D eigenvalue weighted by Crippen LogP contribution is 2.55. The van der Waals surface area contributed by atoms with Crippen molar-refractivity contribution >= 4 is 284 Å². The van der Waals surface area contributed by atoms with Gasteiger partial charge in [-0.25, -0.2) is 0 Å². The van der Waals surface area contributed by atoms with E-state index in [1.165, 1.54) is 106 Å². The van der Waals surface area contributed by atoms with Gasteiger partial charge in [-0.3, -0.25) is 76.7 Å². The number of rotatable bonds is 21. The summed E-state index contributed by atoms with van der Waals surface area (Å²) >= 11 is 28.1. The first kappa shape index (κ1) is 95.0. The Labute approximate surface area is 821 Å². The van der Waals surface area contributed by atoms with Crippen LogP contribution in [0.1, 0.15) is 130 Å². The van der Waals surface area contributed by atoms with Crippen LogP contribution in [0.5, 0.6) is 0 Å². The number of amides is 4. The molecule has 4 unspecified atom stereocenters. The number of carbonyl (C=O) groups excluding carboxylic acids is 5. The maximum absolute atomic E-state index is 13.6. The Bertz CT molecular complexity index is 7460. The fraction of sp³-hybridized carbons (Fsp3) is 0.260. The number of benzene rings is 8. The Balaban J connectivity index is 0.000000126. The lowest BCUT2D eigenvalue weighted by Crippen LogP contribution is -2.36. The van der Waals surface area contributed by atoms with Crippen LogP contribution in [-0.4, -0.2) is 168 Å². The summed E-state index contributed by atoms with van der Waals surface area (Å²) in [5.74, 6) is -3.93. The molecule has 4 amide bonds. The van der Waals surface area contributed by atoms with Crippen LogP contribution >= 0.6 is 119 Å². The van der Waals surface area contributed by atoms with Crippen molar-refractivity contribution < 1.29 is 63.5 Å². The highest BCUT2D eigenvalue weighted by molar-refractivity contribution is 8.31. The van der Waals surface area contributed by atoms with Gasteiger partial charge in [0.15, 0.2) is 0 Å². The maximum atomic E-state index is 13.6. The van der Waals surface area contributed by atoms with Gasteiger partial charge in [-0.1, -0.05) is 200 Å². The van der Waals surface area contributed by atoms with E-state index in [-0.39, 0.29) is 66.2 Å². The molecule has 20 rings (SSSR count). The lowest BCUT2D eigenvalue weighted by molar-refractivity contribution is -0.144. The van der Waals surface area contributed by atoms with Crippen LogP contribution in [0.15, 0.2) is 195 Å². The zero-order valence-corrected chi connectivity index (χ0v) is 81.9. The Morgan fingerprint density at radius 1 is 0.415 bits per heavy atom. The number of aliphatic hydroxyl groups is 1. The number of para-hydroxylation sites is 3. The molecule has 6 fully saturated rings. The number of aryl methyl sites for hydroxylation is 2. The minimum absolute atomic E-state index is 0.0366. The van der Waals surface area contributed by atoms with Crippen LogP contribution in [0.3, 0.4) is 0 Å². The molecule has 4 saturated heterocycles. The normalized spacial score (nSPS) is 19.5. The number of nitrogens with zero attached hydrogens (tertiary/aromatic N) is 10. The summed E-state index contributed by atoms with van der Waals surface area (Å²) in [6, 6.07) is 60.8. The largest absolute Gasteiger partial charge is 0.481 e. The fourth-order valence-corrected chi connectivity index (χ4v) is 26.8. The molecular formula is C100H90N10O15S10. The van der Waals surface area contributed by atoms with Gasteiger partial charge in [0.05, 0.1) is 38.5 Å². The topological polar surface area (TPSA) is 300 Å². The minimum Gasteiger partial charge on any atom is -0.481 e. The summed E-state index contributed by atoms with van der Waals surface area (Å²) in [5, 5.41) is 41.2. The van der Waals surface area contributed by atoms with Crippen molar-refractivity contribution in [1.29, 1.82) is 0 Å². The second-order valence-electron chi connectivity index (χ2n) is 32.8. The van der Waals surface area contributed by atoms with Crippen molar-refractivity contribution in [3.63, 3.8) is 0 Å². The van der Waals surface area contributed by atoms with E-state index in [4.69, 9.17) is 63.8 Å². The van der Waals surface area contributed by atoms with Crippen LogP contribution in [-0.2, 0) is 75.9 Å². The zero-order valence-electron chi connectivity index (χ0n) is 73.7. The number of carbonyl (C=O) groups is 8. The molecule has 2 saturated carbocycles. The number of carboxylic acids is 3. The number of aliphatic carboxylic acids is 3. The quantitative estimate of drug-likeness (QED) is 0.0295. The van der Waals surface area contributed by atoms with Crippen LogP contribution in [0.25, 0.3) is 77.7 Å². The van der Waals surface area contributed by atoms with Gasteiger partial charge in [0, 0.05) is 123 Å². The van der Waals surface area contributed by atoms with E-state index in [1.807, 2.05) is 105 Å². The number of thiazole rings is 2. The van der Waals surface area contributed by atoms with E-state index in [0.29, 0.717) is 88.0 Å². The van der Waals surface area contributed by atoms with Gasteiger partial charge >= 0.3 is 23.9 Å². The Morgan fingerprint density at radius 3 is 1.30 bits per heavy atom. The smallest absolute Gasteiger partial charge is 0.326 e. The first-order chi connectivity index (χ1) is 65.2. The van der Waals surface area contributed by atoms with Crippen molar-refractivity contribution in [3.05, 3.63) is 264 Å². The number of esters is 1. The average molecular weight is 1990 g/mol. The van der Waals surface area contributed by atoms with Gasteiger partial charge in [-0.05, 0) is 208 Å². The van der Waals surface area contributed by atoms with Crippen LogP contribution in [0, 0.1) is 0 Å². The molecule has 0 spiro atoms. The number of aromatic nitrogens is 4. The number of hydrogen-bond acceptors (Lipinski definition) is 24. The lowest BCUT2D eigenvalue weighted by atomic mass is 9.96. The Morgan fingerprint density at radius 2 is 0.837 bits per heavy atom. The molecule has 6 aliphatic heterocycles. The summed E-state index contributed by atoms with van der Waals surface area (Å²) in [6.45, 7) is 11.3. The summed E-state index contributed by atoms with van der Waals surface area (Å²) in [4.78, 5) is 136. The molecule has 0 radical (unpaired) electrons. The lowest BCUT2D eigenvalue weighted by Gasteiger charge is -2.27. The van der Waals surface area contributed by atoms with Crippen LogP contribution < -0.4 is 39.3 Å². The predicted molar refractivity (Wildman–Crippen MR) is 556 cm³/mol. The monoisotopic (exact) mass is 1990 g/mol. The number of thioether (sulfide) groups is 4. The molecule has 25 nitrogen and oxygen atoms in total. The van der Waals surface area contributed by atoms with Gasteiger partial charge in [-0.2, -0.15) is 0 Å². The third kappa shape index (κ3) is 18.9. The summed E-state index contributed by atoms with van der Waals surface area (Å²) in [5.41, 5.74) is 15.7. The highest BCUT2D eigenvalue weighted by atomic mass is 32.2. The maximum Gasteiger partial charge on any atom is 0.326 e. The third-order valence-electron chi connectivity index (χ3n) is 24.9. The molecule has 10 heterocycles. The standard InChI is InChI=1S/C30H29N3O4S3.C25H21N3O4S3.C25H24N2O4S2.C20H16N2O3S2/c1-3-31-28(36)26(40-30(31)38)29-32(17-25(34)37-4-2)27(35)24(39-29)16-18-13-14-23-21(15-18)20-11-8-12-22(20)33(23)19-9-6-5-7-10-19;1-3-26-17-8-6-5-7-15(17)16-11-14(9-10-18(16)26)12-19-22(31)28(13-20(29)30)24(34-19)21-23(32)27(4-2)25(33)35-21;28-14-15-4-7-17(8-5-15)27-20-3-1-2-18(20)19-12-16(6-9-21(19)27)13-22-24(31)26(25(32)33-22)11-10-23(29)30;1-2-21-15-6-4-3-5-13(15)14-9-12(7-8-16(14)21)10-17-19(25)22(11-18(23)24)20(26)27-17/h5-7,9-10,13-16,20,22H,3-4,8,11-12,17H2,1-2H3;5-12H,3-4,13H2,1-2H3,(H,29,30);4-9,12-13,18,20,28H,1-3,10-11,14H2,(H,29,30);3-10H,2,11H2,1H3,(H,23,24)/b24-16+,29-26+;19-12+,24-21+;22-13+;17-10+. The van der Waals surface area contributed by atoms with Crippen molar-refractivity contribution in [2.45, 2.75) is 136 Å². The third-order valence-corrected chi connectivity index (χ3v) is 33.1. The van der Waals surface area contributed by atoms with Crippen molar-refractivity contribution in [2.24, 2.45) is 0 Å². The Kier molecular flexibility index (Phi) is 28.6. The second-order valence-corrected chi connectivity index (χ2v) is 41.5. The molecule has 135 heavy (non-hydrogen) atoms. The number of hydrogen-bond donors (Lipinski definition) is 4. The molecule has 8 aliphatic rings. The summed E-state index contributed by atoms with van der Waals surface area (Å²) in [6.07, 6.45) is 14.1. The average Bonchev–Trinajstić information content (AvgIpc) is 1.61. The highest BCUT2D eigenvalue weighted by Gasteiger charge is 2.45. The second kappa shape index (κ2) is 40.7. The Hall–Kier alpha value is -11.7. The SMILES string of the molecule is CCN1C(=O)/C(=c2\s/c(=C/c3ccc4c(c3)c3ccccc3n4CC)c(=O)n2CC(=O)O)SC1=S.CCOC(=O)Cn1c(=O)/c(=C\c2ccc3c(c2)C2CCCC2N3c2ccccc2)s/c1=C1/SC(=S)N(CC)C1=O.CCn1c2ccccc2c2cc(/C=C3/SC(=S)N(CC(=O)O)C3=O)ccc21.O=C(O)CCN1C(=O)/C(=C\c2ccc3c(c2)C2CCCC2N3c2ccc(CO)cc2)SC1=S. The number of fused-ring (bicyclic) bond motifs is 12. The van der Waals surface area contributed by atoms with Crippen molar-refractivity contribution in [1.82, 2.24) is 37.9 Å². The number of aliphatic hydroxyl groups excluding tert-OH is 1. The molecule has 12 aromatic rings. The molecule has 35 heteroatoms. The van der Waals surface area contributed by atoms with E-state index >= 15 is 0 Å². The number of ether oxygens (including phenoxy) is 1. The van der Waals surface area contributed by atoms with Crippen LogP contribution in [0.2, 0.25) is 0 Å². The van der Waals surface area contributed by atoms with E-state index in [2.05, 4.69) is 130 Å². The first-order valence-electron chi connectivity index (χ1n) is 44.1. The van der Waals surface area contributed by atoms with Gasteiger partial charge in [-0.15, -0.1) is 22.7 Å². The van der Waals surface area contributed by atoms with Crippen molar-refractivity contribution in [3.8, 4) is 0 Å². The molecule has 4 aromatic heterocycles. The molecule has 690 valence electrons. The minimum atomic E-state index is -1.16. The summed E-state index contributed by atoms with van der Waals surface area (Å²) in [7, 11) is 0. The number of anilines is 4. The number of carboxylic acid groups (broad SMARTS) is 3. The van der Waals surface area contributed by atoms with E-state index < -0.39 is 42.5 Å². The predicted octanol–water partition coefficient (Wildman–Crippen LogP) is 15.8. The molecule has 8 aromatic carbocycles. The molecule has 4 N–H and O–H groups in total. The molecule has 2 aliphatic carbocycles. The number of thiocarbonyl (C=S) groups is 4. The van der Waals surface area contributed by atoms with Gasteiger partial charge < -0.3 is 44.1 Å².